The van der Waals surface area contributed by atoms with Crippen molar-refractivity contribution >= 4 is 28.5 Å². The number of hydrogen-bond donors (Lipinski definition) is 4. The van der Waals surface area contributed by atoms with Crippen LogP contribution in [0.5, 0.6) is 0 Å². The fourth-order valence-electron chi connectivity index (χ4n) is 2.86. The number of amidine groups is 1. The number of benzene rings is 2. The highest BCUT2D eigenvalue weighted by atomic mass is 16.4. The predicted octanol–water partition coefficient (Wildman–Crippen LogP) is 1.74. The molecule has 0 aliphatic carbocycles. The van der Waals surface area contributed by atoms with Crippen LogP contribution in [0.2, 0.25) is 0 Å². The first-order chi connectivity index (χ1) is 11.2. The van der Waals surface area contributed by atoms with E-state index in [1.54, 1.807) is 18.2 Å². The van der Waals surface area contributed by atoms with Crippen molar-refractivity contribution in [1.82, 2.24) is 9.97 Å². The lowest BCUT2D eigenvalue weighted by Gasteiger charge is -2.07. The Labute approximate surface area is 130 Å². The van der Waals surface area contributed by atoms with Gasteiger partial charge in [-0.05, 0) is 35.9 Å². The van der Waals surface area contributed by atoms with Crippen molar-refractivity contribution < 1.29 is 10.0 Å². The molecule has 1 atom stereocenters. The molecule has 0 spiro atoms. The third kappa shape index (κ3) is 2.02. The van der Waals surface area contributed by atoms with Gasteiger partial charge in [-0.2, -0.15) is 0 Å². The molecule has 7 nitrogen and oxygen atoms in total. The zero-order valence-electron chi connectivity index (χ0n) is 11.9. The molecular weight excluding hydrogens is 294 g/mol. The summed E-state index contributed by atoms with van der Waals surface area (Å²) in [5, 5.41) is 14.7. The van der Waals surface area contributed by atoms with Crippen molar-refractivity contribution in [2.75, 3.05) is 5.32 Å². The lowest BCUT2D eigenvalue weighted by Crippen LogP contribution is -2.15. The first-order valence-electron chi connectivity index (χ1n) is 7.05. The minimum Gasteiger partial charge on any atom is -0.409 e. The lowest BCUT2D eigenvalue weighted by atomic mass is 9.97. The summed E-state index contributed by atoms with van der Waals surface area (Å²) in [6, 6.07) is 12.8. The van der Waals surface area contributed by atoms with Crippen LogP contribution >= 0.6 is 0 Å². The molecule has 0 fully saturated rings. The van der Waals surface area contributed by atoms with Gasteiger partial charge in [-0.3, -0.25) is 4.79 Å². The molecule has 7 heteroatoms. The van der Waals surface area contributed by atoms with Gasteiger partial charge >= 0.3 is 0 Å². The van der Waals surface area contributed by atoms with Gasteiger partial charge < -0.3 is 21.2 Å². The summed E-state index contributed by atoms with van der Waals surface area (Å²) in [7, 11) is 0. The molecule has 0 saturated heterocycles. The van der Waals surface area contributed by atoms with E-state index in [-0.39, 0.29) is 11.7 Å². The van der Waals surface area contributed by atoms with Gasteiger partial charge in [-0.1, -0.05) is 17.3 Å². The van der Waals surface area contributed by atoms with Gasteiger partial charge in [0.1, 0.15) is 11.7 Å². The molecule has 1 aromatic heterocycles. The summed E-state index contributed by atoms with van der Waals surface area (Å²) >= 11 is 0. The topological polar surface area (TPSA) is 116 Å². The molecule has 3 aromatic rings. The molecule has 0 bridgehead atoms. The number of amides is 1. The number of aromatic nitrogens is 2. The van der Waals surface area contributed by atoms with Gasteiger partial charge in [0, 0.05) is 11.3 Å². The molecule has 2 heterocycles. The van der Waals surface area contributed by atoms with E-state index in [0.717, 1.165) is 16.6 Å². The van der Waals surface area contributed by atoms with Gasteiger partial charge in [0.2, 0.25) is 5.91 Å². The Hall–Kier alpha value is -3.35. The smallest absolute Gasteiger partial charge is 0.239 e. The molecule has 0 saturated carbocycles. The fraction of sp³-hybridized carbons (Fsp3) is 0.0625. The molecule has 1 unspecified atom stereocenters. The highest BCUT2D eigenvalue weighted by Crippen LogP contribution is 2.37. The molecule has 4 rings (SSSR count). The van der Waals surface area contributed by atoms with Gasteiger partial charge in [-0.15, -0.1) is 0 Å². The second-order valence-corrected chi connectivity index (χ2v) is 5.35. The largest absolute Gasteiger partial charge is 0.409 e. The molecule has 2 aromatic carbocycles. The number of nitrogens with zero attached hydrogens (tertiary/aromatic N) is 2. The number of imidazole rings is 1. The normalized spacial score (nSPS) is 17.3. The quantitative estimate of drug-likeness (QED) is 0.250. The second kappa shape index (κ2) is 4.84. The number of aromatic amines is 1. The van der Waals surface area contributed by atoms with Gasteiger partial charge in [-0.25, -0.2) is 4.98 Å². The monoisotopic (exact) mass is 307 g/mol. The zero-order valence-corrected chi connectivity index (χ0v) is 11.9. The number of hydrogen-bond acceptors (Lipinski definition) is 4. The van der Waals surface area contributed by atoms with Crippen molar-refractivity contribution in [3.63, 3.8) is 0 Å². The van der Waals surface area contributed by atoms with E-state index in [1.165, 1.54) is 0 Å². The highest BCUT2D eigenvalue weighted by molar-refractivity contribution is 6.06. The molecule has 23 heavy (non-hydrogen) atoms. The van der Waals surface area contributed by atoms with Crippen molar-refractivity contribution in [3.8, 4) is 0 Å². The van der Waals surface area contributed by atoms with Crippen LogP contribution in [-0.4, -0.2) is 26.9 Å². The third-order valence-corrected chi connectivity index (χ3v) is 3.97. The number of anilines is 1. The minimum absolute atomic E-state index is 0.00416. The molecule has 5 N–H and O–H groups in total. The van der Waals surface area contributed by atoms with Crippen LogP contribution in [0.3, 0.4) is 0 Å². The number of nitrogens with one attached hydrogen (secondary N) is 2. The van der Waals surface area contributed by atoms with Crippen LogP contribution in [0.1, 0.15) is 22.9 Å². The van der Waals surface area contributed by atoms with Crippen LogP contribution in [-0.2, 0) is 4.79 Å². The zero-order chi connectivity index (χ0) is 16.0. The predicted molar refractivity (Wildman–Crippen MR) is 85.5 cm³/mol. The SMILES string of the molecule is N/C(=N\O)c1ccc2c(c1)C(c1nc3ccccc3[nH]1)C(=O)N2. The summed E-state index contributed by atoms with van der Waals surface area (Å²) in [5.74, 6) is -0.144. The molecule has 114 valence electrons. The number of fused-ring (bicyclic) bond motifs is 2. The minimum atomic E-state index is -0.552. The summed E-state index contributed by atoms with van der Waals surface area (Å²) in [5.41, 5.74) is 9.31. The summed E-state index contributed by atoms with van der Waals surface area (Å²) in [6.45, 7) is 0. The second-order valence-electron chi connectivity index (χ2n) is 5.35. The number of para-hydroxylation sites is 2. The maximum absolute atomic E-state index is 12.4. The van der Waals surface area contributed by atoms with Gasteiger partial charge in [0.05, 0.1) is 11.0 Å². The molecule has 1 amide bonds. The van der Waals surface area contributed by atoms with Gasteiger partial charge in [0.15, 0.2) is 5.84 Å². The van der Waals surface area contributed by atoms with E-state index in [9.17, 15) is 4.79 Å². The van der Waals surface area contributed by atoms with E-state index in [4.69, 9.17) is 10.9 Å². The Kier molecular flexibility index (Phi) is 2.80. The van der Waals surface area contributed by atoms with Crippen LogP contribution in [0.4, 0.5) is 5.69 Å². The molecule has 1 aliphatic heterocycles. The van der Waals surface area contributed by atoms with E-state index in [1.807, 2.05) is 24.3 Å². The lowest BCUT2D eigenvalue weighted by molar-refractivity contribution is -0.116. The van der Waals surface area contributed by atoms with Crippen molar-refractivity contribution in [2.45, 2.75) is 5.92 Å². The number of carbonyl (C=O) groups is 1. The Bertz CT molecular complexity index is 927. The molecular formula is C16H13N5O2. The standard InChI is InChI=1S/C16H13N5O2/c17-14(21-23)8-5-6-10-9(7-8)13(16(22)20-10)15-18-11-3-1-2-4-12(11)19-15/h1-7,13,23H,(H2,17,21)(H,18,19)(H,20,22). The first kappa shape index (κ1) is 13.3. The highest BCUT2D eigenvalue weighted by Gasteiger charge is 2.34. The Morgan fingerprint density at radius 3 is 2.87 bits per heavy atom. The van der Waals surface area contributed by atoms with E-state index in [0.29, 0.717) is 17.1 Å². The van der Waals surface area contributed by atoms with E-state index in [2.05, 4.69) is 20.4 Å². The Morgan fingerprint density at radius 1 is 1.26 bits per heavy atom. The molecule has 1 aliphatic rings. The maximum atomic E-state index is 12.4. The van der Waals surface area contributed by atoms with Crippen LogP contribution in [0, 0.1) is 0 Å². The van der Waals surface area contributed by atoms with Crippen molar-refractivity contribution in [2.24, 2.45) is 10.9 Å². The van der Waals surface area contributed by atoms with Crippen LogP contribution in [0.25, 0.3) is 11.0 Å². The van der Waals surface area contributed by atoms with Crippen molar-refractivity contribution in [1.29, 1.82) is 0 Å². The summed E-state index contributed by atoms with van der Waals surface area (Å²) in [6.07, 6.45) is 0. The average molecular weight is 307 g/mol. The Balaban J connectivity index is 1.86. The van der Waals surface area contributed by atoms with E-state index < -0.39 is 5.92 Å². The average Bonchev–Trinajstić information content (AvgIpc) is 3.12. The number of carbonyl (C=O) groups excluding carboxylic acids is 1. The van der Waals surface area contributed by atoms with Gasteiger partial charge in [0.25, 0.3) is 0 Å². The number of nitrogens with two attached hydrogens (primary N) is 1. The number of rotatable bonds is 2. The first-order valence-corrected chi connectivity index (χ1v) is 7.05. The van der Waals surface area contributed by atoms with Crippen molar-refractivity contribution in [3.05, 3.63) is 59.4 Å². The number of H-pyrrole nitrogens is 1. The summed E-state index contributed by atoms with van der Waals surface area (Å²) in [4.78, 5) is 20.1. The summed E-state index contributed by atoms with van der Waals surface area (Å²) < 4.78 is 0. The fourth-order valence-corrected chi connectivity index (χ4v) is 2.86. The van der Waals surface area contributed by atoms with Crippen LogP contribution < -0.4 is 11.1 Å². The van der Waals surface area contributed by atoms with E-state index >= 15 is 0 Å². The maximum Gasteiger partial charge on any atom is 0.239 e. The third-order valence-electron chi connectivity index (χ3n) is 3.97. The Morgan fingerprint density at radius 2 is 2.09 bits per heavy atom. The number of oxime groups is 1. The van der Waals surface area contributed by atoms with Crippen LogP contribution in [0.15, 0.2) is 47.6 Å². The molecule has 0 radical (unpaired) electrons.